The van der Waals surface area contributed by atoms with Crippen LogP contribution in [0.5, 0.6) is 0 Å². The van der Waals surface area contributed by atoms with Gasteiger partial charge in [-0.05, 0) is 31.9 Å². The number of aromatic nitrogens is 1. The molecule has 0 atom stereocenters. The highest BCUT2D eigenvalue weighted by Gasteiger charge is 2.27. The average Bonchev–Trinajstić information content (AvgIpc) is 2.29. The molecule has 0 fully saturated rings. The van der Waals surface area contributed by atoms with Crippen LogP contribution in [0.15, 0.2) is 10.9 Å². The van der Waals surface area contributed by atoms with Gasteiger partial charge in [0.1, 0.15) is 12.2 Å². The quantitative estimate of drug-likeness (QED) is 0.818. The Morgan fingerprint density at radius 3 is 2.52 bits per heavy atom. The van der Waals surface area contributed by atoms with E-state index in [0.717, 1.165) is 0 Å². The van der Waals surface area contributed by atoms with Crippen LogP contribution >= 0.6 is 0 Å². The van der Waals surface area contributed by atoms with E-state index in [-0.39, 0.29) is 25.1 Å². The van der Waals surface area contributed by atoms with Crippen LogP contribution in [-0.2, 0) is 11.3 Å². The fourth-order valence-electron chi connectivity index (χ4n) is 1.98. The Morgan fingerprint density at radius 2 is 2.00 bits per heavy atom. The van der Waals surface area contributed by atoms with Crippen molar-refractivity contribution in [1.29, 1.82) is 0 Å². The Labute approximate surface area is 119 Å². The number of carboxylic acid groups (broad SMARTS) is 1. The van der Waals surface area contributed by atoms with Gasteiger partial charge in [-0.2, -0.15) is 13.2 Å². The summed E-state index contributed by atoms with van der Waals surface area (Å²) in [5.74, 6) is -1.32. The number of pyridine rings is 1. The molecule has 118 valence electrons. The van der Waals surface area contributed by atoms with Gasteiger partial charge in [0, 0.05) is 18.8 Å². The van der Waals surface area contributed by atoms with Crippen molar-refractivity contribution in [2.45, 2.75) is 33.0 Å². The molecule has 0 aliphatic rings. The minimum atomic E-state index is -4.38. The lowest BCUT2D eigenvalue weighted by Gasteiger charge is -2.13. The molecule has 1 heterocycles. The van der Waals surface area contributed by atoms with E-state index >= 15 is 0 Å². The van der Waals surface area contributed by atoms with Gasteiger partial charge in [0.05, 0.1) is 0 Å². The number of rotatable bonds is 6. The molecular formula is C13H16F3NO4. The van der Waals surface area contributed by atoms with Gasteiger partial charge in [-0.1, -0.05) is 0 Å². The van der Waals surface area contributed by atoms with Gasteiger partial charge in [-0.3, -0.25) is 4.79 Å². The average molecular weight is 307 g/mol. The minimum absolute atomic E-state index is 0.100. The summed E-state index contributed by atoms with van der Waals surface area (Å²) in [6, 6.07) is 1.56. The fraction of sp³-hybridized carbons (Fsp3) is 0.538. The van der Waals surface area contributed by atoms with Crippen LogP contribution in [0.25, 0.3) is 0 Å². The number of halogens is 3. The maximum atomic E-state index is 12.0. The summed E-state index contributed by atoms with van der Waals surface area (Å²) in [6.07, 6.45) is -4.20. The Bertz CT molecular complexity index is 578. The van der Waals surface area contributed by atoms with Crippen molar-refractivity contribution >= 4 is 5.97 Å². The number of carbonyl (C=O) groups is 1. The van der Waals surface area contributed by atoms with Crippen LogP contribution in [0, 0.1) is 13.8 Å². The first-order valence-electron chi connectivity index (χ1n) is 6.22. The molecule has 1 N–H and O–H groups in total. The van der Waals surface area contributed by atoms with Crippen molar-refractivity contribution in [2.75, 3.05) is 13.2 Å². The standard InChI is InChI=1S/C13H16F3NO4/c1-8-6-9(2)17(11(18)10(8)12(19)20)4-3-5-21-7-13(14,15)16/h6H,3-5,7H2,1-2H3,(H,19,20). The van der Waals surface area contributed by atoms with E-state index in [0.29, 0.717) is 11.3 Å². The van der Waals surface area contributed by atoms with Crippen LogP contribution in [0.2, 0.25) is 0 Å². The predicted octanol–water partition coefficient (Wildman–Crippen LogP) is 2.13. The van der Waals surface area contributed by atoms with Gasteiger partial charge < -0.3 is 14.4 Å². The number of hydrogen-bond acceptors (Lipinski definition) is 3. The zero-order valence-electron chi connectivity index (χ0n) is 11.7. The molecule has 0 radical (unpaired) electrons. The SMILES string of the molecule is Cc1cc(C)n(CCCOCC(F)(F)F)c(=O)c1C(=O)O. The van der Waals surface area contributed by atoms with Crippen molar-refractivity contribution in [1.82, 2.24) is 4.57 Å². The van der Waals surface area contributed by atoms with Gasteiger partial charge in [0.15, 0.2) is 0 Å². The molecule has 0 saturated carbocycles. The smallest absolute Gasteiger partial charge is 0.411 e. The maximum Gasteiger partial charge on any atom is 0.411 e. The molecule has 0 unspecified atom stereocenters. The first-order chi connectivity index (χ1) is 9.63. The highest BCUT2D eigenvalue weighted by atomic mass is 19.4. The summed E-state index contributed by atoms with van der Waals surface area (Å²) in [6.45, 7) is 1.76. The summed E-state index contributed by atoms with van der Waals surface area (Å²) in [5.41, 5.74) is -0.0690. The monoisotopic (exact) mass is 307 g/mol. The highest BCUT2D eigenvalue weighted by molar-refractivity contribution is 5.88. The molecule has 1 rings (SSSR count). The van der Waals surface area contributed by atoms with Gasteiger partial charge in [0.2, 0.25) is 0 Å². The first kappa shape index (κ1) is 17.2. The van der Waals surface area contributed by atoms with Crippen LogP contribution in [-0.4, -0.2) is 35.0 Å². The summed E-state index contributed by atoms with van der Waals surface area (Å²) >= 11 is 0. The van der Waals surface area contributed by atoms with E-state index in [1.54, 1.807) is 13.0 Å². The van der Waals surface area contributed by atoms with E-state index in [9.17, 15) is 22.8 Å². The predicted molar refractivity (Wildman–Crippen MR) is 68.6 cm³/mol. The molecule has 0 aromatic carbocycles. The molecular weight excluding hydrogens is 291 g/mol. The molecule has 0 aliphatic heterocycles. The molecule has 8 heteroatoms. The van der Waals surface area contributed by atoms with E-state index in [1.807, 2.05) is 0 Å². The van der Waals surface area contributed by atoms with Gasteiger partial charge in [-0.25, -0.2) is 4.79 Å². The third-order valence-corrected chi connectivity index (χ3v) is 2.85. The van der Waals surface area contributed by atoms with E-state index in [2.05, 4.69) is 4.74 Å². The lowest BCUT2D eigenvalue weighted by molar-refractivity contribution is -0.174. The lowest BCUT2D eigenvalue weighted by atomic mass is 10.1. The molecule has 1 aromatic rings. The molecule has 0 amide bonds. The number of aromatic carboxylic acids is 1. The summed E-state index contributed by atoms with van der Waals surface area (Å²) < 4.78 is 41.3. The van der Waals surface area contributed by atoms with Crippen LogP contribution < -0.4 is 5.56 Å². The van der Waals surface area contributed by atoms with Crippen molar-refractivity contribution in [3.63, 3.8) is 0 Å². The third-order valence-electron chi connectivity index (χ3n) is 2.85. The zero-order chi connectivity index (χ0) is 16.2. The molecule has 0 spiro atoms. The number of ether oxygens (including phenoxy) is 1. The van der Waals surface area contributed by atoms with Crippen molar-refractivity contribution in [2.24, 2.45) is 0 Å². The molecule has 0 saturated heterocycles. The van der Waals surface area contributed by atoms with Crippen LogP contribution in [0.4, 0.5) is 13.2 Å². The van der Waals surface area contributed by atoms with Gasteiger partial charge >= 0.3 is 12.1 Å². The molecule has 5 nitrogen and oxygen atoms in total. The van der Waals surface area contributed by atoms with Crippen LogP contribution in [0.3, 0.4) is 0 Å². The number of hydrogen-bond donors (Lipinski definition) is 1. The fourth-order valence-corrected chi connectivity index (χ4v) is 1.98. The highest BCUT2D eigenvalue weighted by Crippen LogP contribution is 2.14. The summed E-state index contributed by atoms with van der Waals surface area (Å²) in [5, 5.41) is 9.00. The van der Waals surface area contributed by atoms with E-state index in [1.165, 1.54) is 11.5 Å². The van der Waals surface area contributed by atoms with Gasteiger partial charge in [0.25, 0.3) is 5.56 Å². The van der Waals surface area contributed by atoms with Crippen LogP contribution in [0.1, 0.15) is 28.0 Å². The van der Waals surface area contributed by atoms with E-state index in [4.69, 9.17) is 5.11 Å². The lowest BCUT2D eigenvalue weighted by Crippen LogP contribution is -2.29. The zero-order valence-corrected chi connectivity index (χ0v) is 11.7. The molecule has 1 aromatic heterocycles. The minimum Gasteiger partial charge on any atom is -0.477 e. The Balaban J connectivity index is 2.74. The maximum absolute atomic E-state index is 12.0. The second-order valence-electron chi connectivity index (χ2n) is 4.63. The third kappa shape index (κ3) is 4.89. The topological polar surface area (TPSA) is 68.5 Å². The van der Waals surface area contributed by atoms with Crippen molar-refractivity contribution in [3.05, 3.63) is 33.2 Å². The molecule has 0 bridgehead atoms. The summed E-state index contributed by atoms with van der Waals surface area (Å²) in [4.78, 5) is 23.1. The molecule has 21 heavy (non-hydrogen) atoms. The van der Waals surface area contributed by atoms with Crippen molar-refractivity contribution < 1.29 is 27.8 Å². The number of alkyl halides is 3. The number of carboxylic acids is 1. The normalized spacial score (nSPS) is 11.7. The first-order valence-corrected chi connectivity index (χ1v) is 6.22. The number of aryl methyl sites for hydroxylation is 2. The Morgan fingerprint density at radius 1 is 1.38 bits per heavy atom. The largest absolute Gasteiger partial charge is 0.477 e. The van der Waals surface area contributed by atoms with Gasteiger partial charge in [-0.15, -0.1) is 0 Å². The number of nitrogens with zero attached hydrogens (tertiary/aromatic N) is 1. The Kier molecular flexibility index (Phi) is 5.54. The second-order valence-corrected chi connectivity index (χ2v) is 4.63. The van der Waals surface area contributed by atoms with Crippen molar-refractivity contribution in [3.8, 4) is 0 Å². The summed E-state index contributed by atoms with van der Waals surface area (Å²) in [7, 11) is 0. The molecule has 0 aliphatic carbocycles. The Hall–Kier alpha value is -1.83. The second kappa shape index (κ2) is 6.75. The van der Waals surface area contributed by atoms with E-state index < -0.39 is 24.3 Å².